The highest BCUT2D eigenvalue weighted by Gasteiger charge is 2.16. The van der Waals surface area contributed by atoms with Crippen molar-refractivity contribution in [2.45, 2.75) is 19.8 Å². The van der Waals surface area contributed by atoms with E-state index in [0.717, 1.165) is 18.6 Å². The van der Waals surface area contributed by atoms with E-state index in [9.17, 15) is 15.3 Å². The van der Waals surface area contributed by atoms with Crippen molar-refractivity contribution >= 4 is 35.3 Å². The zero-order valence-electron chi connectivity index (χ0n) is 20.5. The van der Waals surface area contributed by atoms with Crippen molar-refractivity contribution in [3.63, 3.8) is 0 Å². The summed E-state index contributed by atoms with van der Waals surface area (Å²) in [5.41, 5.74) is 2.31. The Balaban J connectivity index is 1.77. The van der Waals surface area contributed by atoms with Crippen molar-refractivity contribution in [1.29, 1.82) is 10.5 Å². The summed E-state index contributed by atoms with van der Waals surface area (Å²) in [6, 6.07) is 23.0. The van der Waals surface area contributed by atoms with Crippen LogP contribution in [-0.2, 0) is 4.79 Å². The minimum atomic E-state index is -0.814. The van der Waals surface area contributed by atoms with Crippen molar-refractivity contribution < 1.29 is 19.0 Å². The normalized spacial score (nSPS) is 11.3. The average molecular weight is 513 g/mol. The summed E-state index contributed by atoms with van der Waals surface area (Å²) in [5, 5.41) is 19.7. The summed E-state index contributed by atoms with van der Waals surface area (Å²) in [7, 11) is 1.44. The number of benzene rings is 3. The molecular weight excluding hydrogens is 488 g/mol. The quantitative estimate of drug-likeness (QED) is 0.0717. The third kappa shape index (κ3) is 7.73. The largest absolute Gasteiger partial charge is 0.494 e. The number of nitriles is 2. The fourth-order valence-electron chi connectivity index (χ4n) is 3.29. The van der Waals surface area contributed by atoms with Gasteiger partial charge in [0, 0.05) is 5.02 Å². The molecule has 0 fully saturated rings. The van der Waals surface area contributed by atoms with Crippen LogP contribution in [0.2, 0.25) is 5.02 Å². The van der Waals surface area contributed by atoms with Crippen LogP contribution in [0.25, 0.3) is 17.7 Å². The first-order valence-corrected chi connectivity index (χ1v) is 12.0. The van der Waals surface area contributed by atoms with E-state index in [1.165, 1.54) is 13.2 Å². The number of carbonyl (C=O) groups excluding carboxylic acids is 1. The van der Waals surface area contributed by atoms with Crippen LogP contribution in [0.5, 0.6) is 17.2 Å². The molecule has 0 N–H and O–H groups in total. The second-order valence-corrected chi connectivity index (χ2v) is 8.35. The van der Waals surface area contributed by atoms with Crippen molar-refractivity contribution in [3.8, 4) is 29.4 Å². The molecule has 0 atom stereocenters. The standard InChI is InChI=1S/C30H25ClN2O4/c1-3-4-15-36-27-12-5-21(6-13-27)16-25(20-33)30(34)37-28-14-7-22(18-29(28)35-2)17-24(19-32)23-8-10-26(31)11-9-23/h5-14,16-18H,3-4,15H2,1-2H3/b24-17+,25-16+. The third-order valence-corrected chi connectivity index (χ3v) is 5.53. The summed E-state index contributed by atoms with van der Waals surface area (Å²) in [4.78, 5) is 12.7. The van der Waals surface area contributed by atoms with Crippen molar-refractivity contribution in [2.24, 2.45) is 0 Å². The summed E-state index contributed by atoms with van der Waals surface area (Å²) < 4.78 is 16.5. The molecule has 0 aliphatic carbocycles. The van der Waals surface area contributed by atoms with E-state index in [1.54, 1.807) is 72.8 Å². The lowest BCUT2D eigenvalue weighted by atomic mass is 10.0. The molecule has 0 heterocycles. The van der Waals surface area contributed by atoms with Crippen LogP contribution < -0.4 is 14.2 Å². The van der Waals surface area contributed by atoms with Gasteiger partial charge in [-0.15, -0.1) is 0 Å². The summed E-state index contributed by atoms with van der Waals surface area (Å²) in [6.45, 7) is 2.73. The van der Waals surface area contributed by atoms with Gasteiger partial charge in [-0.1, -0.05) is 55.3 Å². The maximum Gasteiger partial charge on any atom is 0.354 e. The summed E-state index contributed by atoms with van der Waals surface area (Å²) in [5.74, 6) is 0.337. The van der Waals surface area contributed by atoms with Gasteiger partial charge in [-0.2, -0.15) is 10.5 Å². The van der Waals surface area contributed by atoms with E-state index in [1.807, 2.05) is 6.07 Å². The predicted molar refractivity (Wildman–Crippen MR) is 144 cm³/mol. The number of methoxy groups -OCH3 is 1. The van der Waals surface area contributed by atoms with Gasteiger partial charge in [0.05, 0.1) is 25.4 Å². The molecule has 37 heavy (non-hydrogen) atoms. The molecule has 0 aliphatic heterocycles. The zero-order valence-corrected chi connectivity index (χ0v) is 21.3. The lowest BCUT2D eigenvalue weighted by Crippen LogP contribution is -2.11. The van der Waals surface area contributed by atoms with Crippen LogP contribution in [0.1, 0.15) is 36.5 Å². The highest BCUT2D eigenvalue weighted by molar-refractivity contribution is 6.30. The summed E-state index contributed by atoms with van der Waals surface area (Å²) >= 11 is 5.93. The Labute approximate surface area is 221 Å². The molecule has 0 spiro atoms. The first-order valence-electron chi connectivity index (χ1n) is 11.6. The second-order valence-electron chi connectivity index (χ2n) is 7.92. The molecule has 0 saturated carbocycles. The van der Waals surface area contributed by atoms with Crippen LogP contribution in [0.15, 0.2) is 72.3 Å². The fraction of sp³-hybridized carbons (Fsp3) is 0.167. The third-order valence-electron chi connectivity index (χ3n) is 5.28. The van der Waals surface area contributed by atoms with E-state index in [0.29, 0.717) is 33.9 Å². The number of hydrogen-bond acceptors (Lipinski definition) is 6. The minimum absolute atomic E-state index is 0.149. The van der Waals surface area contributed by atoms with Crippen LogP contribution in [0.3, 0.4) is 0 Å². The molecule has 0 bridgehead atoms. The molecule has 7 heteroatoms. The second kappa shape index (κ2) is 13.5. The van der Waals surface area contributed by atoms with Gasteiger partial charge in [-0.25, -0.2) is 4.79 Å². The number of ether oxygens (including phenoxy) is 3. The van der Waals surface area contributed by atoms with Crippen molar-refractivity contribution in [3.05, 3.63) is 94.0 Å². The first kappa shape index (κ1) is 27.1. The van der Waals surface area contributed by atoms with Gasteiger partial charge < -0.3 is 14.2 Å². The van der Waals surface area contributed by atoms with Gasteiger partial charge >= 0.3 is 5.97 Å². The van der Waals surface area contributed by atoms with Crippen LogP contribution in [-0.4, -0.2) is 19.7 Å². The summed E-state index contributed by atoms with van der Waals surface area (Å²) in [6.07, 6.45) is 5.15. The molecule has 0 aromatic heterocycles. The van der Waals surface area contributed by atoms with Gasteiger partial charge in [0.2, 0.25) is 0 Å². The molecule has 0 unspecified atom stereocenters. The van der Waals surface area contributed by atoms with Gasteiger partial charge in [-0.05, 0) is 71.7 Å². The van der Waals surface area contributed by atoms with E-state index in [2.05, 4.69) is 13.0 Å². The van der Waals surface area contributed by atoms with Crippen molar-refractivity contribution in [2.75, 3.05) is 13.7 Å². The molecule has 0 radical (unpaired) electrons. The molecule has 3 aromatic rings. The SMILES string of the molecule is CCCCOc1ccc(/C=C(\C#N)C(=O)Oc2ccc(/C=C(\C#N)c3ccc(Cl)cc3)cc2OC)cc1. The monoisotopic (exact) mass is 512 g/mol. The average Bonchev–Trinajstić information content (AvgIpc) is 2.92. The Kier molecular flexibility index (Phi) is 9.91. The molecule has 3 rings (SSSR count). The number of hydrogen-bond donors (Lipinski definition) is 0. The molecule has 0 amide bonds. The van der Waals surface area contributed by atoms with E-state index < -0.39 is 5.97 Å². The molecule has 6 nitrogen and oxygen atoms in total. The van der Waals surface area contributed by atoms with E-state index in [-0.39, 0.29) is 17.1 Å². The molecule has 0 aliphatic rings. The number of halogens is 1. The number of allylic oxidation sites excluding steroid dienone is 1. The maximum atomic E-state index is 12.7. The van der Waals surface area contributed by atoms with E-state index in [4.69, 9.17) is 25.8 Å². The van der Waals surface area contributed by atoms with Gasteiger partial charge in [0.1, 0.15) is 17.4 Å². The lowest BCUT2D eigenvalue weighted by Gasteiger charge is -2.10. The Morgan fingerprint density at radius 2 is 1.62 bits per heavy atom. The Hall–Kier alpha value is -4.52. The Bertz CT molecular complexity index is 1380. The van der Waals surface area contributed by atoms with Gasteiger partial charge in [-0.3, -0.25) is 0 Å². The number of carbonyl (C=O) groups is 1. The molecule has 0 saturated heterocycles. The number of nitrogens with zero attached hydrogens (tertiary/aromatic N) is 2. The van der Waals surface area contributed by atoms with Gasteiger partial charge in [0.15, 0.2) is 11.5 Å². The lowest BCUT2D eigenvalue weighted by molar-refractivity contribution is -0.129. The number of esters is 1. The highest BCUT2D eigenvalue weighted by atomic mass is 35.5. The first-order chi connectivity index (χ1) is 18.0. The Morgan fingerprint density at radius 3 is 2.24 bits per heavy atom. The minimum Gasteiger partial charge on any atom is -0.494 e. The van der Waals surface area contributed by atoms with Crippen LogP contribution in [0, 0.1) is 22.7 Å². The number of unbranched alkanes of at least 4 members (excludes halogenated alkanes) is 1. The molecule has 186 valence electrons. The van der Waals surface area contributed by atoms with Crippen molar-refractivity contribution in [1.82, 2.24) is 0 Å². The topological polar surface area (TPSA) is 92.3 Å². The predicted octanol–water partition coefficient (Wildman–Crippen LogP) is 7.10. The fourth-order valence-corrected chi connectivity index (χ4v) is 3.41. The zero-order chi connectivity index (χ0) is 26.6. The number of rotatable bonds is 10. The van der Waals surface area contributed by atoms with Crippen LogP contribution in [0.4, 0.5) is 0 Å². The van der Waals surface area contributed by atoms with Gasteiger partial charge in [0.25, 0.3) is 0 Å². The van der Waals surface area contributed by atoms with E-state index >= 15 is 0 Å². The maximum absolute atomic E-state index is 12.7. The van der Waals surface area contributed by atoms with Crippen LogP contribution >= 0.6 is 11.6 Å². The Morgan fingerprint density at radius 1 is 0.919 bits per heavy atom. The highest BCUT2D eigenvalue weighted by Crippen LogP contribution is 2.31. The molecular formula is C30H25ClN2O4. The molecule has 3 aromatic carbocycles. The smallest absolute Gasteiger partial charge is 0.354 e.